The first-order chi connectivity index (χ1) is 60.7. The molecule has 27 heteroatoms. The van der Waals surface area contributed by atoms with Gasteiger partial charge in [-0.2, -0.15) is 5.26 Å². The zero-order chi connectivity index (χ0) is 87.6. The van der Waals surface area contributed by atoms with Crippen molar-refractivity contribution in [2.45, 2.75) is 164 Å². The van der Waals surface area contributed by atoms with E-state index in [1.54, 1.807) is 87.9 Å². The molecule has 0 bridgehead atoms. The van der Waals surface area contributed by atoms with Crippen molar-refractivity contribution < 1.29 is 58.0 Å². The van der Waals surface area contributed by atoms with Crippen LogP contribution in [0.15, 0.2) is 167 Å². The fourth-order valence-electron chi connectivity index (χ4n) is 16.6. The molecule has 6 aliphatic heterocycles. The highest BCUT2D eigenvalue weighted by Gasteiger charge is 2.32. The summed E-state index contributed by atoms with van der Waals surface area (Å²) < 4.78 is 12.2. The predicted molar refractivity (Wildman–Crippen MR) is 497 cm³/mol. The summed E-state index contributed by atoms with van der Waals surface area (Å²) in [7, 11) is 0. The minimum atomic E-state index is -0.966. The molecule has 2 N–H and O–H groups in total. The molecule has 0 unspecified atom stereocenters. The number of piperazine rings is 1. The Morgan fingerprint density at radius 1 is 0.416 bits per heavy atom. The van der Waals surface area contributed by atoms with E-state index in [2.05, 4.69) is 49.6 Å². The molecule has 0 atom stereocenters. The number of hydrogen-bond donors (Lipinski definition) is 2. The lowest BCUT2D eigenvalue weighted by atomic mass is 10.0. The van der Waals surface area contributed by atoms with Crippen LogP contribution in [0.25, 0.3) is 0 Å². The molecule has 12 heterocycles. The van der Waals surface area contributed by atoms with Gasteiger partial charge < -0.3 is 49.1 Å². The zero-order valence-electron chi connectivity index (χ0n) is 71.4. The number of aliphatic hydroxyl groups excluding tert-OH is 1. The number of anilines is 5. The number of hydrogen-bond acceptors (Lipinski definition) is 19. The van der Waals surface area contributed by atoms with Crippen LogP contribution < -0.4 is 24.5 Å². The Kier molecular flexibility index (Phi) is 30.7. The smallest absolute Gasteiger partial charge is 0.419 e. The van der Waals surface area contributed by atoms with E-state index in [-0.39, 0.29) is 61.0 Å². The highest BCUT2D eigenvalue weighted by Crippen LogP contribution is 2.39. The van der Waals surface area contributed by atoms with Gasteiger partial charge in [0.1, 0.15) is 19.5 Å². The highest BCUT2D eigenvalue weighted by atomic mass is 32.1. The van der Waals surface area contributed by atoms with Gasteiger partial charge in [0, 0.05) is 130 Å². The fraction of sp³-hybridized carbons (Fsp3) is 0.367. The van der Waals surface area contributed by atoms with Crippen LogP contribution in [-0.2, 0) is 61.4 Å². The number of aromatic carboxylic acids is 1. The van der Waals surface area contributed by atoms with Gasteiger partial charge >= 0.3 is 18.2 Å². The molecule has 6 aromatic heterocycles. The van der Waals surface area contributed by atoms with Gasteiger partial charge in [0.2, 0.25) is 0 Å². The SMILES string of the molecule is Cc1cc(C(=O)N2CCCCc3sccc32)ccc1C#N.Cc1cc(C(=O)N2CCCCc3sccc32)ccc1C(=O)O.Cc1cc(C(=O)N2CCCCc3sccc32)ccc1CO.Cc1cc(C(=O)N2CCCCc3sccc32)ccc1COC(=O)N1CCN(CC2CC2)CC1.Cc1cc(C(=O)N2CCCCc3sccc32)ccc1COC(=O)n1ccnc1. The number of aliphatic hydroxyl groups is 1. The Morgan fingerprint density at radius 2 is 0.760 bits per heavy atom. The number of imidazole rings is 1. The minimum Gasteiger partial charge on any atom is -0.478 e. The molecule has 7 aliphatic rings. The molecule has 11 aromatic rings. The molecular weight excluding hydrogens is 1670 g/mol. The Bertz CT molecular complexity index is 5720. The van der Waals surface area contributed by atoms with Gasteiger partial charge in [-0.05, 0) is 324 Å². The average Bonchev–Trinajstić information content (AvgIpc) is 1.70. The van der Waals surface area contributed by atoms with E-state index in [1.165, 1.54) is 73.1 Å². The molecule has 125 heavy (non-hydrogen) atoms. The van der Waals surface area contributed by atoms with Crippen LogP contribution in [0.4, 0.5) is 38.0 Å². The number of nitrogens with zero attached hydrogens (tertiary/aromatic N) is 10. The predicted octanol–water partition coefficient (Wildman–Crippen LogP) is 20.3. The third-order valence-electron chi connectivity index (χ3n) is 24.0. The summed E-state index contributed by atoms with van der Waals surface area (Å²) in [5.74, 6) is 0.0214. The number of carboxylic acid groups (broad SMARTS) is 1. The normalized spacial score (nSPS) is 15.5. The number of benzene rings is 5. The summed E-state index contributed by atoms with van der Waals surface area (Å²) in [4.78, 5) is 124. The van der Waals surface area contributed by atoms with Crippen molar-refractivity contribution in [3.8, 4) is 6.07 Å². The number of carbonyl (C=O) groups excluding carboxylic acids is 7. The number of ether oxygens (including phenoxy) is 2. The van der Waals surface area contributed by atoms with Gasteiger partial charge in [-0.3, -0.25) is 28.9 Å². The van der Waals surface area contributed by atoms with Gasteiger partial charge in [-0.1, -0.05) is 18.2 Å². The molecule has 1 aliphatic carbocycles. The van der Waals surface area contributed by atoms with E-state index in [4.69, 9.17) is 19.8 Å². The van der Waals surface area contributed by atoms with Gasteiger partial charge in [-0.25, -0.2) is 23.9 Å². The molecule has 1 saturated carbocycles. The minimum absolute atomic E-state index is 0.0126. The number of aromatic nitrogens is 2. The van der Waals surface area contributed by atoms with Crippen LogP contribution in [0.2, 0.25) is 0 Å². The largest absolute Gasteiger partial charge is 0.478 e. The zero-order valence-corrected chi connectivity index (χ0v) is 75.5. The molecule has 650 valence electrons. The monoisotopic (exact) mass is 1770 g/mol. The number of carboxylic acids is 1. The maximum Gasteiger partial charge on any atom is 0.419 e. The van der Waals surface area contributed by atoms with Gasteiger partial charge in [-0.15, -0.1) is 56.7 Å². The number of rotatable bonds is 13. The second-order valence-electron chi connectivity index (χ2n) is 32.6. The van der Waals surface area contributed by atoms with E-state index in [0.29, 0.717) is 45.5 Å². The van der Waals surface area contributed by atoms with E-state index in [9.17, 15) is 43.5 Å². The number of thiophene rings is 5. The molecule has 18 rings (SSSR count). The lowest BCUT2D eigenvalue weighted by Crippen LogP contribution is -2.49. The topological polar surface area (TPSA) is 260 Å². The van der Waals surface area contributed by atoms with Crippen LogP contribution in [0.1, 0.15) is 214 Å². The highest BCUT2D eigenvalue weighted by molar-refractivity contribution is 7.11. The van der Waals surface area contributed by atoms with Crippen molar-refractivity contribution in [3.05, 3.63) is 275 Å². The maximum atomic E-state index is 13.3. The van der Waals surface area contributed by atoms with Crippen molar-refractivity contribution in [2.24, 2.45) is 5.92 Å². The van der Waals surface area contributed by atoms with Gasteiger partial charge in [0.25, 0.3) is 29.5 Å². The van der Waals surface area contributed by atoms with Crippen LogP contribution in [0.5, 0.6) is 0 Å². The van der Waals surface area contributed by atoms with E-state index in [0.717, 1.165) is 222 Å². The molecular formula is C98H106N10O12S5. The number of aryl methyl sites for hydroxylation is 10. The molecule has 22 nitrogen and oxygen atoms in total. The van der Waals surface area contributed by atoms with Crippen molar-refractivity contribution in [1.82, 2.24) is 19.4 Å². The van der Waals surface area contributed by atoms with E-state index >= 15 is 0 Å². The maximum absolute atomic E-state index is 13.3. The number of nitriles is 1. The van der Waals surface area contributed by atoms with Gasteiger partial charge in [0.05, 0.1) is 52.2 Å². The van der Waals surface area contributed by atoms with Crippen LogP contribution >= 0.6 is 56.7 Å². The Morgan fingerprint density at radius 3 is 1.08 bits per heavy atom. The van der Waals surface area contributed by atoms with Crippen LogP contribution in [-0.4, -0.2) is 143 Å². The van der Waals surface area contributed by atoms with E-state index < -0.39 is 12.1 Å². The Labute approximate surface area is 750 Å². The summed E-state index contributed by atoms with van der Waals surface area (Å²) in [6, 6.07) is 39.2. The Balaban J connectivity index is 0.000000129. The third-order valence-corrected chi connectivity index (χ3v) is 28.8. The first-order valence-electron chi connectivity index (χ1n) is 43.1. The van der Waals surface area contributed by atoms with Crippen molar-refractivity contribution in [2.75, 3.05) is 89.9 Å². The first kappa shape index (κ1) is 90.0. The second-order valence-corrected chi connectivity index (χ2v) is 37.6. The summed E-state index contributed by atoms with van der Waals surface area (Å²) in [5.41, 5.74) is 16.4. The first-order valence-corrected chi connectivity index (χ1v) is 47.5. The standard InChI is InChI=1S/C26H33N3O3S.C21H21N3O3S.C17H16N2OS.C17H17NO3S.C17H19NO2S/c1-19-16-21(25(30)29-10-3-2-4-24-23(29)9-15-33-24)7-8-22(19)18-32-26(31)28-13-11-27(12-14-28)17-20-5-6-20;1-15-12-16(5-6-17(15)13-27-21(26)23-10-8-22-14-23)20(25)24-9-3-2-4-19-18(24)7-11-28-19;1-12-10-13(5-6-14(12)11-18)17(20)19-8-3-2-4-16-15(19)7-9-21-16;1-11-10-12(5-6-13(11)17(20)21)16(19)18-8-3-2-4-15-14(18)7-9-22-15;1-12-10-13(5-6-14(12)11-19)17(20)18-8-3-2-4-16-15(18)7-9-21-16/h7-9,15-16,20H,2-6,10-14,17-18H2,1H3;5-8,10-12,14H,2-4,9,13H2,1H3;5-7,9-10H,2-4,8H2,1H3;5-7,9-10H,2-4,8H2,1H3,(H,20,21);5-7,9-10,19H,2-4,8,11H2,1H3. The molecule has 0 radical (unpaired) electrons. The van der Waals surface area contributed by atoms with Crippen molar-refractivity contribution in [1.29, 1.82) is 5.26 Å². The van der Waals surface area contributed by atoms with E-state index in [1.807, 2.05) is 141 Å². The summed E-state index contributed by atoms with van der Waals surface area (Å²) in [6.07, 6.45) is 22.4. The van der Waals surface area contributed by atoms with Crippen LogP contribution in [0.3, 0.4) is 0 Å². The van der Waals surface area contributed by atoms with Crippen LogP contribution in [0, 0.1) is 51.9 Å². The second kappa shape index (κ2) is 42.6. The van der Waals surface area contributed by atoms with Gasteiger partial charge in [0.15, 0.2) is 0 Å². The lowest BCUT2D eigenvalue weighted by molar-refractivity contribution is 0.0691. The summed E-state index contributed by atoms with van der Waals surface area (Å²) in [5, 5.41) is 37.6. The molecule has 5 aromatic carbocycles. The number of carbonyl (C=O) groups is 8. The average molecular weight is 1780 g/mol. The van der Waals surface area contributed by atoms with Crippen molar-refractivity contribution in [3.63, 3.8) is 0 Å². The molecule has 0 spiro atoms. The third kappa shape index (κ3) is 22.4. The number of amides is 6. The van der Waals surface area contributed by atoms with Crippen molar-refractivity contribution >= 4 is 133 Å². The molecule has 2 fully saturated rings. The molecule has 6 amide bonds. The molecule has 1 saturated heterocycles. The quantitative estimate of drug-likeness (QED) is 0.109. The lowest BCUT2D eigenvalue weighted by Gasteiger charge is -2.34. The summed E-state index contributed by atoms with van der Waals surface area (Å²) >= 11 is 8.62. The Hall–Kier alpha value is -11.2. The summed E-state index contributed by atoms with van der Waals surface area (Å²) in [6.45, 7) is 18.1. The fourth-order valence-corrected chi connectivity index (χ4v) is 21.2. The number of fused-ring (bicyclic) bond motifs is 5.